The van der Waals surface area contributed by atoms with Crippen LogP contribution in [0.4, 0.5) is 0 Å². The molecule has 6 heteroatoms. The van der Waals surface area contributed by atoms with Gasteiger partial charge in [0, 0.05) is 20.1 Å². The second kappa shape index (κ2) is 9.36. The van der Waals surface area contributed by atoms with E-state index in [0.29, 0.717) is 5.92 Å². The molecule has 3 nitrogen and oxygen atoms in total. The molecule has 0 amide bonds. The number of nitrogens with one attached hydrogen (secondary N) is 2. The summed E-state index contributed by atoms with van der Waals surface area (Å²) in [6.07, 6.45) is 0. The minimum atomic E-state index is 0. The Morgan fingerprint density at radius 1 is 1.20 bits per heavy atom. The van der Waals surface area contributed by atoms with Crippen molar-refractivity contribution in [3.05, 3.63) is 44.8 Å². The lowest BCUT2D eigenvalue weighted by atomic mass is 10.1. The summed E-state index contributed by atoms with van der Waals surface area (Å²) in [5.74, 6) is 1.35. The maximum atomic E-state index is 4.24. The van der Waals surface area contributed by atoms with E-state index in [4.69, 9.17) is 0 Å². The van der Waals surface area contributed by atoms with Crippen LogP contribution < -0.4 is 10.6 Å². The second-order valence-electron chi connectivity index (χ2n) is 4.40. The number of halogens is 1. The zero-order valence-electron chi connectivity index (χ0n) is 11.6. The second-order valence-corrected chi connectivity index (χ2v) is 5.96. The quantitative estimate of drug-likeness (QED) is 0.437. The van der Waals surface area contributed by atoms with Crippen LogP contribution >= 0.6 is 46.7 Å². The van der Waals surface area contributed by atoms with Gasteiger partial charge in [-0.2, -0.15) is 22.7 Å². The van der Waals surface area contributed by atoms with Crippen LogP contribution in [-0.4, -0.2) is 19.6 Å². The molecule has 110 valence electrons. The SMILES string of the molecule is CN=C(NCc1ccsc1)NCC(C)c1ccsc1.I. The minimum absolute atomic E-state index is 0. The van der Waals surface area contributed by atoms with Gasteiger partial charge >= 0.3 is 0 Å². The van der Waals surface area contributed by atoms with Gasteiger partial charge in [0.2, 0.25) is 0 Å². The maximum Gasteiger partial charge on any atom is 0.191 e. The van der Waals surface area contributed by atoms with E-state index in [1.807, 2.05) is 0 Å². The normalized spacial score (nSPS) is 12.6. The van der Waals surface area contributed by atoms with Crippen molar-refractivity contribution in [3.8, 4) is 0 Å². The minimum Gasteiger partial charge on any atom is -0.356 e. The van der Waals surface area contributed by atoms with Gasteiger partial charge < -0.3 is 10.6 Å². The molecule has 0 saturated carbocycles. The van der Waals surface area contributed by atoms with Crippen LogP contribution in [0.5, 0.6) is 0 Å². The first kappa shape index (κ1) is 17.5. The van der Waals surface area contributed by atoms with Crippen LogP contribution in [0.2, 0.25) is 0 Å². The Morgan fingerprint density at radius 2 is 1.95 bits per heavy atom. The predicted octanol–water partition coefficient (Wildman–Crippen LogP) is 3.90. The largest absolute Gasteiger partial charge is 0.356 e. The number of aliphatic imine (C=N–C) groups is 1. The van der Waals surface area contributed by atoms with E-state index in [9.17, 15) is 0 Å². The zero-order valence-corrected chi connectivity index (χ0v) is 15.6. The molecule has 0 aliphatic heterocycles. The third-order valence-electron chi connectivity index (χ3n) is 2.95. The van der Waals surface area contributed by atoms with Crippen molar-refractivity contribution < 1.29 is 0 Å². The molecule has 20 heavy (non-hydrogen) atoms. The maximum absolute atomic E-state index is 4.24. The van der Waals surface area contributed by atoms with Crippen molar-refractivity contribution in [2.75, 3.05) is 13.6 Å². The first-order valence-corrected chi connectivity index (χ1v) is 8.16. The molecular weight excluding hydrogens is 401 g/mol. The van der Waals surface area contributed by atoms with Crippen molar-refractivity contribution in [3.63, 3.8) is 0 Å². The lowest BCUT2D eigenvalue weighted by molar-refractivity contribution is 0.701. The summed E-state index contributed by atoms with van der Waals surface area (Å²) in [5.41, 5.74) is 2.67. The number of nitrogens with zero attached hydrogens (tertiary/aromatic N) is 1. The molecule has 1 unspecified atom stereocenters. The van der Waals surface area contributed by atoms with Gasteiger partial charge in [-0.3, -0.25) is 4.99 Å². The Kier molecular flexibility index (Phi) is 8.16. The number of thiophene rings is 2. The molecule has 0 bridgehead atoms. The van der Waals surface area contributed by atoms with Gasteiger partial charge in [0.15, 0.2) is 5.96 Å². The third-order valence-corrected chi connectivity index (χ3v) is 4.39. The smallest absolute Gasteiger partial charge is 0.191 e. The van der Waals surface area contributed by atoms with Crippen LogP contribution in [0.1, 0.15) is 24.0 Å². The average Bonchev–Trinajstić information content (AvgIpc) is 3.11. The highest BCUT2D eigenvalue weighted by Gasteiger charge is 2.06. The predicted molar refractivity (Wildman–Crippen MR) is 101 cm³/mol. The van der Waals surface area contributed by atoms with Crippen molar-refractivity contribution in [1.82, 2.24) is 10.6 Å². The molecule has 2 heterocycles. The molecule has 0 radical (unpaired) electrons. The summed E-state index contributed by atoms with van der Waals surface area (Å²) in [5, 5.41) is 15.2. The lowest BCUT2D eigenvalue weighted by Crippen LogP contribution is -2.38. The molecule has 2 aromatic rings. The fraction of sp³-hybridized carbons (Fsp3) is 0.357. The Bertz CT molecular complexity index is 494. The molecule has 1 atom stereocenters. The molecule has 0 saturated heterocycles. The summed E-state index contributed by atoms with van der Waals surface area (Å²) in [7, 11) is 1.80. The topological polar surface area (TPSA) is 36.4 Å². The Morgan fingerprint density at radius 3 is 2.55 bits per heavy atom. The number of hydrogen-bond acceptors (Lipinski definition) is 3. The number of rotatable bonds is 5. The summed E-state index contributed by atoms with van der Waals surface area (Å²) in [6, 6.07) is 4.30. The van der Waals surface area contributed by atoms with Crippen molar-refractivity contribution in [1.29, 1.82) is 0 Å². The van der Waals surface area contributed by atoms with Crippen LogP contribution in [0, 0.1) is 0 Å². The number of guanidine groups is 1. The summed E-state index contributed by atoms with van der Waals surface area (Å²) >= 11 is 3.46. The van der Waals surface area contributed by atoms with Crippen molar-refractivity contribution in [2.24, 2.45) is 4.99 Å². The van der Waals surface area contributed by atoms with Crippen LogP contribution in [0.25, 0.3) is 0 Å². The monoisotopic (exact) mass is 421 g/mol. The highest BCUT2D eigenvalue weighted by atomic mass is 127. The molecule has 2 aromatic heterocycles. The fourth-order valence-electron chi connectivity index (χ4n) is 1.72. The van der Waals surface area contributed by atoms with Gasteiger partial charge in [-0.1, -0.05) is 6.92 Å². The van der Waals surface area contributed by atoms with E-state index in [1.54, 1.807) is 29.7 Å². The zero-order chi connectivity index (χ0) is 13.5. The molecule has 0 fully saturated rings. The van der Waals surface area contributed by atoms with Gasteiger partial charge in [-0.05, 0) is 50.7 Å². The van der Waals surface area contributed by atoms with E-state index in [1.165, 1.54) is 11.1 Å². The summed E-state index contributed by atoms with van der Waals surface area (Å²) in [6.45, 7) is 3.93. The lowest BCUT2D eigenvalue weighted by Gasteiger charge is -2.15. The summed E-state index contributed by atoms with van der Waals surface area (Å²) in [4.78, 5) is 4.24. The van der Waals surface area contributed by atoms with Crippen LogP contribution in [0.3, 0.4) is 0 Å². The highest BCUT2D eigenvalue weighted by molar-refractivity contribution is 14.0. The highest BCUT2D eigenvalue weighted by Crippen LogP contribution is 2.16. The van der Waals surface area contributed by atoms with Crippen LogP contribution in [0.15, 0.2) is 38.6 Å². The summed E-state index contributed by atoms with van der Waals surface area (Å²) < 4.78 is 0. The Balaban J connectivity index is 0.00000200. The van der Waals surface area contributed by atoms with E-state index in [0.717, 1.165) is 19.0 Å². The molecule has 0 aromatic carbocycles. The van der Waals surface area contributed by atoms with Gasteiger partial charge in [0.05, 0.1) is 0 Å². The van der Waals surface area contributed by atoms with E-state index in [2.05, 4.69) is 56.2 Å². The van der Waals surface area contributed by atoms with Gasteiger partial charge in [-0.25, -0.2) is 0 Å². The third kappa shape index (κ3) is 5.41. The fourth-order valence-corrected chi connectivity index (χ4v) is 3.17. The van der Waals surface area contributed by atoms with Gasteiger partial charge in [0.25, 0.3) is 0 Å². The molecule has 0 spiro atoms. The molecule has 0 aliphatic rings. The molecule has 2 N–H and O–H groups in total. The standard InChI is InChI=1S/C14H19N3S2.HI/c1-11(13-4-6-19-10-13)7-16-14(15-2)17-8-12-3-5-18-9-12;/h3-6,9-11H,7-8H2,1-2H3,(H2,15,16,17);1H. The molecular formula is C14H20IN3S2. The molecule has 0 aliphatic carbocycles. The Hall–Kier alpha value is -0.600. The first-order valence-electron chi connectivity index (χ1n) is 6.27. The molecule has 2 rings (SSSR count). The number of hydrogen-bond donors (Lipinski definition) is 2. The first-order chi connectivity index (χ1) is 9.29. The van der Waals surface area contributed by atoms with Gasteiger partial charge in [-0.15, -0.1) is 24.0 Å². The van der Waals surface area contributed by atoms with E-state index in [-0.39, 0.29) is 24.0 Å². The average molecular weight is 421 g/mol. The van der Waals surface area contributed by atoms with Gasteiger partial charge in [0.1, 0.15) is 0 Å². The van der Waals surface area contributed by atoms with E-state index >= 15 is 0 Å². The van der Waals surface area contributed by atoms with E-state index < -0.39 is 0 Å². The Labute approximate surface area is 145 Å². The van der Waals surface area contributed by atoms with Crippen molar-refractivity contribution >= 4 is 52.6 Å². The van der Waals surface area contributed by atoms with Crippen LogP contribution in [-0.2, 0) is 6.54 Å². The van der Waals surface area contributed by atoms with Crippen molar-refractivity contribution in [2.45, 2.75) is 19.4 Å².